The summed E-state index contributed by atoms with van der Waals surface area (Å²) in [6.07, 6.45) is 0. The fourth-order valence-electron chi connectivity index (χ4n) is 0. The van der Waals surface area contributed by atoms with Gasteiger partial charge in [-0.2, -0.15) is 0 Å². The normalized spacial score (nSPS) is 0. The standard InChI is InChI=1S/5H2O.2Sb.Sn/h5*1H2;;;. The van der Waals surface area contributed by atoms with Crippen molar-refractivity contribution in [1.82, 2.24) is 0 Å². The third-order valence-electron chi connectivity index (χ3n) is 0. The summed E-state index contributed by atoms with van der Waals surface area (Å²) in [5, 5.41) is 0. The van der Waals surface area contributed by atoms with Gasteiger partial charge in [-0.05, 0) is 0 Å². The predicted octanol–water partition coefficient (Wildman–Crippen LogP) is -5.27. The molecule has 10 N–H and O–H groups in total. The summed E-state index contributed by atoms with van der Waals surface area (Å²) >= 11 is 0. The van der Waals surface area contributed by atoms with E-state index in [9.17, 15) is 0 Å². The first kappa shape index (κ1) is 175. The first-order chi connectivity index (χ1) is 0. The van der Waals surface area contributed by atoms with E-state index in [0.29, 0.717) is 0 Å². The van der Waals surface area contributed by atoms with Crippen molar-refractivity contribution in [2.45, 2.75) is 0 Å². The van der Waals surface area contributed by atoms with Crippen LogP contribution in [0.2, 0.25) is 0 Å². The molecule has 10 radical (unpaired) electrons. The van der Waals surface area contributed by atoms with Crippen LogP contribution >= 0.6 is 0 Å². The van der Waals surface area contributed by atoms with Gasteiger partial charge in [0.25, 0.3) is 0 Å². The second kappa shape index (κ2) is 125. The van der Waals surface area contributed by atoms with Gasteiger partial charge in [-0.3, -0.25) is 0 Å². The number of rotatable bonds is 0. The third-order valence-corrected chi connectivity index (χ3v) is 0. The van der Waals surface area contributed by atoms with Crippen LogP contribution in [0.5, 0.6) is 0 Å². The maximum Gasteiger partial charge on any atom is 0 e. The fraction of sp³-hybridized carbons (Fsp3) is 0. The van der Waals surface area contributed by atoms with E-state index in [0.717, 1.165) is 0 Å². The first-order valence-electron chi connectivity index (χ1n) is 0. The molecule has 0 aromatic carbocycles. The largest absolute Gasteiger partial charge is 0.412 e. The topological polar surface area (TPSA) is 158 Å². The van der Waals surface area contributed by atoms with Gasteiger partial charge < -0.3 is 27.4 Å². The third kappa shape index (κ3) is 86.3. The van der Waals surface area contributed by atoms with Crippen molar-refractivity contribution in [3.8, 4) is 0 Å². The van der Waals surface area contributed by atoms with Gasteiger partial charge in [0.2, 0.25) is 0 Å². The molecule has 5 nitrogen and oxygen atoms in total. The van der Waals surface area contributed by atoms with Crippen molar-refractivity contribution in [2.24, 2.45) is 0 Å². The van der Waals surface area contributed by atoms with Crippen molar-refractivity contribution in [3.05, 3.63) is 0 Å². The fourth-order valence-corrected chi connectivity index (χ4v) is 0. The molecule has 0 aliphatic carbocycles. The van der Waals surface area contributed by atoms with Crippen molar-refractivity contribution < 1.29 is 27.4 Å². The quantitative estimate of drug-likeness (QED) is 0.322. The smallest absolute Gasteiger partial charge is 0 e. The zero-order valence-electron chi connectivity index (χ0n) is 3.89. The minimum Gasteiger partial charge on any atom is -0.412 e. The Labute approximate surface area is 99.0 Å². The molecule has 0 saturated heterocycles. The molecule has 0 bridgehead atoms. The van der Waals surface area contributed by atoms with Crippen LogP contribution < -0.4 is 0 Å². The summed E-state index contributed by atoms with van der Waals surface area (Å²) in [6.45, 7) is 0. The molecular weight excluding hydrogens is 442 g/mol. The Bertz CT molecular complexity index is 10.4. The monoisotopic (exact) mass is 452 g/mol. The van der Waals surface area contributed by atoms with E-state index in [1.165, 1.54) is 0 Å². The zero-order valence-corrected chi connectivity index (χ0v) is 11.9. The zero-order chi connectivity index (χ0) is 0. The van der Waals surface area contributed by atoms with Gasteiger partial charge in [0.05, 0.1) is 0 Å². The van der Waals surface area contributed by atoms with Crippen molar-refractivity contribution in [2.75, 3.05) is 0 Å². The Hall–Kier alpha value is 2.24. The minimum absolute atomic E-state index is 0. The van der Waals surface area contributed by atoms with E-state index < -0.39 is 0 Å². The van der Waals surface area contributed by atoms with E-state index in [1.807, 2.05) is 0 Å². The van der Waals surface area contributed by atoms with Gasteiger partial charge in [-0.15, -0.1) is 0 Å². The molecule has 0 spiro atoms. The molecule has 0 saturated carbocycles. The molecule has 0 heterocycles. The Morgan fingerprint density at radius 2 is 0.375 bits per heavy atom. The van der Waals surface area contributed by atoms with E-state index in [-0.39, 0.29) is 100 Å². The maximum atomic E-state index is 0. The minimum atomic E-state index is 0. The molecule has 0 fully saturated rings. The van der Waals surface area contributed by atoms with Crippen LogP contribution in [0.3, 0.4) is 0 Å². The molecular formula is H10O5Sb2Sn. The predicted molar refractivity (Wildman–Crippen MR) is 35.3 cm³/mol. The molecule has 0 aliphatic rings. The molecule has 0 amide bonds. The van der Waals surface area contributed by atoms with Gasteiger partial charge in [-0.25, -0.2) is 0 Å². The van der Waals surface area contributed by atoms with E-state index in [4.69, 9.17) is 0 Å². The van der Waals surface area contributed by atoms with Gasteiger partial charge in [0.15, 0.2) is 0 Å². The molecule has 8 heteroatoms. The number of hydrogen-bond acceptors (Lipinski definition) is 0. The van der Waals surface area contributed by atoms with Crippen LogP contribution in [-0.4, -0.2) is 100 Å². The van der Waals surface area contributed by atoms with Crippen molar-refractivity contribution >= 4 is 72.8 Å². The van der Waals surface area contributed by atoms with Crippen LogP contribution in [0.25, 0.3) is 0 Å². The van der Waals surface area contributed by atoms with Crippen LogP contribution in [0.1, 0.15) is 0 Å². The van der Waals surface area contributed by atoms with Gasteiger partial charge >= 0.3 is 0 Å². The Balaban J connectivity index is 0. The van der Waals surface area contributed by atoms with Gasteiger partial charge in [0, 0.05) is 72.8 Å². The second-order valence-corrected chi connectivity index (χ2v) is 0. The molecule has 8 heavy (non-hydrogen) atoms. The van der Waals surface area contributed by atoms with Crippen molar-refractivity contribution in [1.29, 1.82) is 0 Å². The van der Waals surface area contributed by atoms with Crippen LogP contribution in [0, 0.1) is 0 Å². The summed E-state index contributed by atoms with van der Waals surface area (Å²) in [5.74, 6) is 0. The first-order valence-corrected chi connectivity index (χ1v) is 0. The summed E-state index contributed by atoms with van der Waals surface area (Å²) in [7, 11) is 0. The molecule has 0 aromatic rings. The second-order valence-electron chi connectivity index (χ2n) is 0. The SMILES string of the molecule is O.O.O.O.O.[Sb].[Sb].[Sn]. The molecule has 0 aliphatic heterocycles. The van der Waals surface area contributed by atoms with Crippen LogP contribution in [-0.2, 0) is 0 Å². The average molecular weight is 452 g/mol. The maximum absolute atomic E-state index is 0. The molecule has 54 valence electrons. The molecule has 0 unspecified atom stereocenters. The van der Waals surface area contributed by atoms with E-state index in [1.54, 1.807) is 0 Å². The summed E-state index contributed by atoms with van der Waals surface area (Å²) in [5.41, 5.74) is 0. The summed E-state index contributed by atoms with van der Waals surface area (Å²) < 4.78 is 0. The average Bonchev–Trinajstić information content (AvgIpc) is 0. The summed E-state index contributed by atoms with van der Waals surface area (Å²) in [4.78, 5) is 0. The number of hydrogen-bond donors (Lipinski definition) is 0. The molecule has 0 rings (SSSR count). The molecule has 0 atom stereocenters. The van der Waals surface area contributed by atoms with Gasteiger partial charge in [0.1, 0.15) is 0 Å². The van der Waals surface area contributed by atoms with Gasteiger partial charge in [-0.1, -0.05) is 0 Å². The Morgan fingerprint density at radius 3 is 0.375 bits per heavy atom. The summed E-state index contributed by atoms with van der Waals surface area (Å²) in [6, 6.07) is 0. The van der Waals surface area contributed by atoms with Crippen LogP contribution in [0.4, 0.5) is 0 Å². The van der Waals surface area contributed by atoms with Crippen molar-refractivity contribution in [3.63, 3.8) is 0 Å². The van der Waals surface area contributed by atoms with E-state index >= 15 is 0 Å². The Morgan fingerprint density at radius 1 is 0.375 bits per heavy atom. The molecule has 0 aromatic heterocycles. The van der Waals surface area contributed by atoms with E-state index in [2.05, 4.69) is 0 Å². The van der Waals surface area contributed by atoms with Crippen LogP contribution in [0.15, 0.2) is 0 Å². The Kier molecular flexibility index (Phi) is 2740.